The third kappa shape index (κ3) is 6.27. The summed E-state index contributed by atoms with van der Waals surface area (Å²) >= 11 is 0. The van der Waals surface area contributed by atoms with E-state index in [-0.39, 0.29) is 54.4 Å². The number of urea groups is 1. The minimum Gasteiger partial charge on any atom is -0.348 e. The number of nitrogens with zero attached hydrogens (tertiary/aromatic N) is 1. The summed E-state index contributed by atoms with van der Waals surface area (Å²) in [4.78, 5) is 28.8. The second kappa shape index (κ2) is 12.3. The molecule has 0 radical (unpaired) electrons. The van der Waals surface area contributed by atoms with Crippen molar-refractivity contribution >= 4 is 11.9 Å². The van der Waals surface area contributed by atoms with Gasteiger partial charge in [0.1, 0.15) is 6.17 Å². The summed E-state index contributed by atoms with van der Waals surface area (Å²) in [5.74, 6) is 0.278. The standard InChI is InChI=1S/C27H48FN7O3/c1-4-17-8-5-6-13-35(17)27(37)34-24(33-26-31-19-12-11-15(2)14-21(19)38-26)25(36)29-16(3)23-30-20-10-7-9-18(28)22(20)32-23/h15-24,26,30-33H,4-14H2,1-3H3,(H,29,36)(H,34,37)/t15?,16-,17-,18?,19?,20?,21?,22?,23?,24-,26?/m0/s1. The van der Waals surface area contributed by atoms with Crippen LogP contribution in [0.3, 0.4) is 0 Å². The maximum Gasteiger partial charge on any atom is 0.319 e. The van der Waals surface area contributed by atoms with Crippen LogP contribution in [0.15, 0.2) is 0 Å². The fourth-order valence-electron chi connectivity index (χ4n) is 7.12. The summed E-state index contributed by atoms with van der Waals surface area (Å²) in [5.41, 5.74) is 0. The Morgan fingerprint density at radius 3 is 2.66 bits per heavy atom. The van der Waals surface area contributed by atoms with Crippen LogP contribution in [0.25, 0.3) is 0 Å². The van der Waals surface area contributed by atoms with Gasteiger partial charge in [0.25, 0.3) is 5.91 Å². The molecule has 11 heteroatoms. The van der Waals surface area contributed by atoms with E-state index in [0.717, 1.165) is 57.8 Å². The van der Waals surface area contributed by atoms with Gasteiger partial charge >= 0.3 is 6.03 Å². The van der Waals surface area contributed by atoms with Gasteiger partial charge in [0.05, 0.1) is 24.4 Å². The third-order valence-corrected chi connectivity index (χ3v) is 9.39. The second-order valence-corrected chi connectivity index (χ2v) is 12.2. The molecule has 0 aromatic rings. The summed E-state index contributed by atoms with van der Waals surface area (Å²) in [5, 5.41) is 19.5. The Balaban J connectivity index is 1.23. The number of amides is 3. The molecular weight excluding hydrogens is 489 g/mol. The van der Waals surface area contributed by atoms with Gasteiger partial charge in [-0.15, -0.1) is 0 Å². The molecule has 5 rings (SSSR count). The monoisotopic (exact) mass is 537 g/mol. The van der Waals surface area contributed by atoms with Crippen LogP contribution in [-0.2, 0) is 9.53 Å². The minimum atomic E-state index is -0.975. The van der Waals surface area contributed by atoms with Crippen molar-refractivity contribution in [1.29, 1.82) is 0 Å². The molecule has 0 aromatic carbocycles. The summed E-state index contributed by atoms with van der Waals surface area (Å²) < 4.78 is 20.7. The summed E-state index contributed by atoms with van der Waals surface area (Å²) in [6.07, 6.45) is 6.99. The number of nitrogens with one attached hydrogen (secondary N) is 6. The SMILES string of the molecule is CC[C@H]1CCCCN1C(=O)N[C@H](NC1NC2CCC(C)CC2O1)C(=O)N[C@@H](C)C1NC2CCCC(F)C2N1. The number of piperidine rings is 1. The van der Waals surface area contributed by atoms with Crippen LogP contribution >= 0.6 is 0 Å². The molecular formula is C27H48FN7O3. The number of likely N-dealkylation sites (tertiary alicyclic amines) is 1. The number of carbonyl (C=O) groups excluding carboxylic acids is 2. The molecule has 5 fully saturated rings. The molecule has 2 saturated carbocycles. The number of halogens is 1. The van der Waals surface area contributed by atoms with Crippen molar-refractivity contribution in [3.8, 4) is 0 Å². The van der Waals surface area contributed by atoms with Crippen LogP contribution in [0, 0.1) is 5.92 Å². The van der Waals surface area contributed by atoms with E-state index in [9.17, 15) is 14.0 Å². The molecule has 2 aliphatic carbocycles. The van der Waals surface area contributed by atoms with Gasteiger partial charge in [-0.05, 0) is 77.0 Å². The van der Waals surface area contributed by atoms with Crippen LogP contribution in [0.1, 0.15) is 85.0 Å². The van der Waals surface area contributed by atoms with Crippen molar-refractivity contribution in [2.24, 2.45) is 5.92 Å². The average Bonchev–Trinajstić information content (AvgIpc) is 3.52. The van der Waals surface area contributed by atoms with Gasteiger partial charge in [0.15, 0.2) is 12.5 Å². The molecule has 3 amide bonds. The topological polar surface area (TPSA) is 119 Å². The highest BCUT2D eigenvalue weighted by Gasteiger charge is 2.44. The molecule has 38 heavy (non-hydrogen) atoms. The van der Waals surface area contributed by atoms with E-state index < -0.39 is 18.7 Å². The predicted molar refractivity (Wildman–Crippen MR) is 143 cm³/mol. The quantitative estimate of drug-likeness (QED) is 0.273. The summed E-state index contributed by atoms with van der Waals surface area (Å²) in [6, 6.07) is -0.264. The predicted octanol–water partition coefficient (Wildman–Crippen LogP) is 1.62. The highest BCUT2D eigenvalue weighted by atomic mass is 19.1. The largest absolute Gasteiger partial charge is 0.348 e. The molecule has 3 heterocycles. The van der Waals surface area contributed by atoms with Crippen molar-refractivity contribution in [2.45, 2.75) is 146 Å². The van der Waals surface area contributed by atoms with E-state index in [2.05, 4.69) is 45.7 Å². The molecule has 0 aromatic heterocycles. The Morgan fingerprint density at radius 2 is 1.87 bits per heavy atom. The average molecular weight is 538 g/mol. The van der Waals surface area contributed by atoms with Crippen LogP contribution in [0.2, 0.25) is 0 Å². The zero-order valence-electron chi connectivity index (χ0n) is 23.2. The molecule has 11 atom stereocenters. The van der Waals surface area contributed by atoms with E-state index in [1.165, 1.54) is 0 Å². The van der Waals surface area contributed by atoms with Crippen molar-refractivity contribution in [1.82, 2.24) is 36.8 Å². The fraction of sp³-hybridized carbons (Fsp3) is 0.926. The van der Waals surface area contributed by atoms with Crippen LogP contribution in [0.4, 0.5) is 9.18 Å². The molecule has 216 valence electrons. The lowest BCUT2D eigenvalue weighted by molar-refractivity contribution is -0.126. The maximum absolute atomic E-state index is 14.5. The fourth-order valence-corrected chi connectivity index (χ4v) is 7.12. The normalized spacial score (nSPS) is 40.6. The van der Waals surface area contributed by atoms with Gasteiger partial charge in [0, 0.05) is 24.7 Å². The van der Waals surface area contributed by atoms with Crippen molar-refractivity contribution < 1.29 is 18.7 Å². The lowest BCUT2D eigenvalue weighted by Crippen LogP contribution is -2.65. The van der Waals surface area contributed by atoms with Gasteiger partial charge in [-0.2, -0.15) is 0 Å². The first-order chi connectivity index (χ1) is 18.3. The Kier molecular flexibility index (Phi) is 9.09. The first-order valence-corrected chi connectivity index (χ1v) is 15.0. The molecule has 3 saturated heterocycles. The molecule has 5 aliphatic rings. The second-order valence-electron chi connectivity index (χ2n) is 12.2. The number of rotatable bonds is 7. The lowest BCUT2D eigenvalue weighted by atomic mass is 9.86. The van der Waals surface area contributed by atoms with Crippen molar-refractivity contribution in [3.05, 3.63) is 0 Å². The Labute approximate surface area is 226 Å². The van der Waals surface area contributed by atoms with E-state index in [1.807, 2.05) is 11.8 Å². The van der Waals surface area contributed by atoms with Crippen LogP contribution < -0.4 is 31.9 Å². The Bertz CT molecular complexity index is 836. The van der Waals surface area contributed by atoms with E-state index in [0.29, 0.717) is 18.9 Å². The molecule has 8 unspecified atom stereocenters. The number of hydrogen-bond acceptors (Lipinski definition) is 7. The first kappa shape index (κ1) is 28.0. The van der Waals surface area contributed by atoms with E-state index in [4.69, 9.17) is 4.74 Å². The first-order valence-electron chi connectivity index (χ1n) is 15.0. The zero-order chi connectivity index (χ0) is 26.8. The van der Waals surface area contributed by atoms with Gasteiger partial charge in [-0.25, -0.2) is 9.18 Å². The zero-order valence-corrected chi connectivity index (χ0v) is 23.2. The van der Waals surface area contributed by atoms with Crippen molar-refractivity contribution in [2.75, 3.05) is 6.54 Å². The van der Waals surface area contributed by atoms with Gasteiger partial charge in [0.2, 0.25) is 0 Å². The van der Waals surface area contributed by atoms with E-state index in [1.54, 1.807) is 0 Å². The number of fused-ring (bicyclic) bond motifs is 2. The Morgan fingerprint density at radius 1 is 1.03 bits per heavy atom. The number of ether oxygens (including phenoxy) is 1. The Hall–Kier alpha value is -1.53. The highest BCUT2D eigenvalue weighted by Crippen LogP contribution is 2.30. The molecule has 6 N–H and O–H groups in total. The van der Waals surface area contributed by atoms with Crippen LogP contribution in [0.5, 0.6) is 0 Å². The third-order valence-electron chi connectivity index (χ3n) is 9.39. The van der Waals surface area contributed by atoms with Crippen LogP contribution in [-0.4, -0.2) is 84.6 Å². The van der Waals surface area contributed by atoms with E-state index >= 15 is 0 Å². The molecule has 10 nitrogen and oxygen atoms in total. The maximum atomic E-state index is 14.5. The molecule has 3 aliphatic heterocycles. The van der Waals surface area contributed by atoms with Gasteiger partial charge in [-0.1, -0.05) is 13.8 Å². The smallest absolute Gasteiger partial charge is 0.319 e. The summed E-state index contributed by atoms with van der Waals surface area (Å²) in [7, 11) is 0. The number of alkyl halides is 1. The molecule has 0 spiro atoms. The number of carbonyl (C=O) groups is 2. The molecule has 0 bridgehead atoms. The minimum absolute atomic E-state index is 0.0728. The van der Waals surface area contributed by atoms with Crippen molar-refractivity contribution in [3.63, 3.8) is 0 Å². The summed E-state index contributed by atoms with van der Waals surface area (Å²) in [6.45, 7) is 6.94. The van der Waals surface area contributed by atoms with Gasteiger partial charge in [-0.3, -0.25) is 26.1 Å². The number of hydrogen-bond donors (Lipinski definition) is 6. The lowest BCUT2D eigenvalue weighted by Gasteiger charge is -2.36. The van der Waals surface area contributed by atoms with Gasteiger partial charge < -0.3 is 20.3 Å². The highest BCUT2D eigenvalue weighted by molar-refractivity contribution is 5.87.